The minimum absolute atomic E-state index is 0.113. The summed E-state index contributed by atoms with van der Waals surface area (Å²) < 4.78 is 4.68. The van der Waals surface area contributed by atoms with Crippen molar-refractivity contribution in [2.24, 2.45) is 0 Å². The summed E-state index contributed by atoms with van der Waals surface area (Å²) >= 11 is 0. The van der Waals surface area contributed by atoms with Gasteiger partial charge < -0.3 is 9.64 Å². The van der Waals surface area contributed by atoms with Crippen LogP contribution in [-0.2, 0) is 16.0 Å². The highest BCUT2D eigenvalue weighted by Crippen LogP contribution is 2.26. The summed E-state index contributed by atoms with van der Waals surface area (Å²) in [5, 5.41) is 0. The standard InChI is InChI=1S/C15H21NO2/c1-18-15(17)10-6-12-16-11-5-4-8-13-7-2-3-9-14(13)16/h2-3,7,9H,4-6,8,10-12H2,1H3. The fourth-order valence-corrected chi connectivity index (χ4v) is 2.52. The molecular weight excluding hydrogens is 226 g/mol. The van der Waals surface area contributed by atoms with Crippen molar-refractivity contribution < 1.29 is 9.53 Å². The number of aryl methyl sites for hydroxylation is 1. The normalized spacial score (nSPS) is 14.8. The Hall–Kier alpha value is -1.51. The first kappa shape index (κ1) is 12.9. The fraction of sp³-hybridized carbons (Fsp3) is 0.533. The number of hydrogen-bond acceptors (Lipinski definition) is 3. The molecule has 0 N–H and O–H groups in total. The second kappa shape index (κ2) is 6.43. The predicted molar refractivity (Wildman–Crippen MR) is 72.8 cm³/mol. The number of ether oxygens (including phenoxy) is 1. The van der Waals surface area contributed by atoms with Crippen molar-refractivity contribution in [2.75, 3.05) is 25.1 Å². The Balaban J connectivity index is 1.97. The van der Waals surface area contributed by atoms with Gasteiger partial charge in [0.2, 0.25) is 0 Å². The Labute approximate surface area is 109 Å². The summed E-state index contributed by atoms with van der Waals surface area (Å²) in [6.45, 7) is 2.03. The maximum absolute atomic E-state index is 11.1. The first-order chi connectivity index (χ1) is 8.81. The van der Waals surface area contributed by atoms with Crippen LogP contribution >= 0.6 is 0 Å². The van der Waals surface area contributed by atoms with Gasteiger partial charge in [-0.3, -0.25) is 4.79 Å². The molecule has 0 aliphatic carbocycles. The molecule has 0 amide bonds. The Bertz CT molecular complexity index is 403. The number of esters is 1. The molecule has 0 spiro atoms. The van der Waals surface area contributed by atoms with Gasteiger partial charge in [0.05, 0.1) is 7.11 Å². The van der Waals surface area contributed by atoms with E-state index in [2.05, 4.69) is 33.9 Å². The Morgan fingerprint density at radius 3 is 3.00 bits per heavy atom. The zero-order valence-electron chi connectivity index (χ0n) is 11.0. The summed E-state index contributed by atoms with van der Waals surface area (Å²) in [7, 11) is 1.45. The van der Waals surface area contributed by atoms with Crippen molar-refractivity contribution in [1.29, 1.82) is 0 Å². The molecule has 0 radical (unpaired) electrons. The summed E-state index contributed by atoms with van der Waals surface area (Å²) in [6.07, 6.45) is 5.03. The molecule has 98 valence electrons. The number of carbonyl (C=O) groups is 1. The highest BCUT2D eigenvalue weighted by atomic mass is 16.5. The molecule has 1 aliphatic heterocycles. The van der Waals surface area contributed by atoms with Crippen LogP contribution in [0.5, 0.6) is 0 Å². The number of nitrogens with zero attached hydrogens (tertiary/aromatic N) is 1. The third-order valence-electron chi connectivity index (χ3n) is 3.49. The molecule has 1 aromatic carbocycles. The molecule has 3 nitrogen and oxygen atoms in total. The monoisotopic (exact) mass is 247 g/mol. The minimum Gasteiger partial charge on any atom is -0.469 e. The largest absolute Gasteiger partial charge is 0.469 e. The number of carbonyl (C=O) groups excluding carboxylic acids is 1. The average Bonchev–Trinajstić information content (AvgIpc) is 2.61. The first-order valence-electron chi connectivity index (χ1n) is 6.71. The second-order valence-electron chi connectivity index (χ2n) is 4.75. The SMILES string of the molecule is COC(=O)CCCN1CCCCc2ccccc21. The van der Waals surface area contributed by atoms with Gasteiger partial charge in [0.1, 0.15) is 0 Å². The third-order valence-corrected chi connectivity index (χ3v) is 3.49. The van der Waals surface area contributed by atoms with Crippen LogP contribution in [-0.4, -0.2) is 26.2 Å². The molecule has 0 aromatic heterocycles. The van der Waals surface area contributed by atoms with E-state index in [1.807, 2.05) is 0 Å². The lowest BCUT2D eigenvalue weighted by molar-refractivity contribution is -0.140. The molecular formula is C15H21NO2. The Kier molecular flexibility index (Phi) is 4.62. The number of fused-ring (bicyclic) bond motifs is 1. The van der Waals surface area contributed by atoms with Crippen LogP contribution in [0.4, 0.5) is 5.69 Å². The van der Waals surface area contributed by atoms with Gasteiger partial charge >= 0.3 is 5.97 Å². The van der Waals surface area contributed by atoms with E-state index in [-0.39, 0.29) is 5.97 Å². The van der Waals surface area contributed by atoms with E-state index in [4.69, 9.17) is 0 Å². The van der Waals surface area contributed by atoms with Gasteiger partial charge in [0, 0.05) is 25.2 Å². The number of rotatable bonds is 4. The molecule has 1 aliphatic rings. The molecule has 18 heavy (non-hydrogen) atoms. The van der Waals surface area contributed by atoms with E-state index in [0.717, 1.165) is 19.5 Å². The van der Waals surface area contributed by atoms with Gasteiger partial charge in [0.15, 0.2) is 0 Å². The fourth-order valence-electron chi connectivity index (χ4n) is 2.52. The first-order valence-corrected chi connectivity index (χ1v) is 6.71. The lowest BCUT2D eigenvalue weighted by Crippen LogP contribution is -2.25. The van der Waals surface area contributed by atoms with Crippen molar-refractivity contribution in [3.63, 3.8) is 0 Å². The lowest BCUT2D eigenvalue weighted by atomic mass is 10.1. The predicted octanol–water partition coefficient (Wildman–Crippen LogP) is 2.78. The van der Waals surface area contributed by atoms with Crippen molar-refractivity contribution in [3.05, 3.63) is 29.8 Å². The number of para-hydroxylation sites is 1. The van der Waals surface area contributed by atoms with Crippen molar-refractivity contribution >= 4 is 11.7 Å². The summed E-state index contributed by atoms with van der Waals surface area (Å²) in [4.78, 5) is 13.5. The summed E-state index contributed by atoms with van der Waals surface area (Å²) in [6, 6.07) is 8.61. The van der Waals surface area contributed by atoms with Gasteiger partial charge in [-0.2, -0.15) is 0 Å². The molecule has 0 atom stereocenters. The zero-order valence-corrected chi connectivity index (χ0v) is 11.0. The lowest BCUT2D eigenvalue weighted by Gasteiger charge is -2.24. The number of methoxy groups -OCH3 is 1. The van der Waals surface area contributed by atoms with Gasteiger partial charge in [-0.05, 0) is 37.3 Å². The summed E-state index contributed by atoms with van der Waals surface area (Å²) in [5.74, 6) is -0.113. The van der Waals surface area contributed by atoms with Gasteiger partial charge in [0.25, 0.3) is 0 Å². The Morgan fingerprint density at radius 2 is 2.17 bits per heavy atom. The second-order valence-corrected chi connectivity index (χ2v) is 4.75. The van der Waals surface area contributed by atoms with Crippen LogP contribution in [0.2, 0.25) is 0 Å². The van der Waals surface area contributed by atoms with Crippen molar-refractivity contribution in [1.82, 2.24) is 0 Å². The van der Waals surface area contributed by atoms with Gasteiger partial charge in [-0.25, -0.2) is 0 Å². The maximum atomic E-state index is 11.1. The van der Waals surface area contributed by atoms with Gasteiger partial charge in [-0.15, -0.1) is 0 Å². The van der Waals surface area contributed by atoms with Crippen LogP contribution in [0.3, 0.4) is 0 Å². The van der Waals surface area contributed by atoms with E-state index in [1.165, 1.54) is 37.6 Å². The molecule has 1 aromatic rings. The summed E-state index contributed by atoms with van der Waals surface area (Å²) in [5.41, 5.74) is 2.79. The molecule has 3 heteroatoms. The molecule has 0 saturated carbocycles. The zero-order chi connectivity index (χ0) is 12.8. The molecule has 0 fully saturated rings. The number of anilines is 1. The van der Waals surface area contributed by atoms with Crippen molar-refractivity contribution in [2.45, 2.75) is 32.1 Å². The smallest absolute Gasteiger partial charge is 0.305 e. The van der Waals surface area contributed by atoms with E-state index >= 15 is 0 Å². The third kappa shape index (κ3) is 3.25. The molecule has 1 heterocycles. The van der Waals surface area contributed by atoms with E-state index < -0.39 is 0 Å². The average molecular weight is 247 g/mol. The van der Waals surface area contributed by atoms with Crippen LogP contribution in [0.15, 0.2) is 24.3 Å². The van der Waals surface area contributed by atoms with Crippen LogP contribution in [0.25, 0.3) is 0 Å². The highest BCUT2D eigenvalue weighted by Gasteiger charge is 2.14. The van der Waals surface area contributed by atoms with E-state index in [1.54, 1.807) is 0 Å². The molecule has 0 saturated heterocycles. The quantitative estimate of drug-likeness (QED) is 0.766. The number of hydrogen-bond donors (Lipinski definition) is 0. The Morgan fingerprint density at radius 1 is 1.33 bits per heavy atom. The van der Waals surface area contributed by atoms with Crippen LogP contribution < -0.4 is 4.90 Å². The number of benzene rings is 1. The molecule has 0 bridgehead atoms. The van der Waals surface area contributed by atoms with E-state index in [0.29, 0.717) is 6.42 Å². The molecule has 2 rings (SSSR count). The van der Waals surface area contributed by atoms with Crippen LogP contribution in [0, 0.1) is 0 Å². The van der Waals surface area contributed by atoms with E-state index in [9.17, 15) is 4.79 Å². The maximum Gasteiger partial charge on any atom is 0.305 e. The van der Waals surface area contributed by atoms with Crippen LogP contribution in [0.1, 0.15) is 31.2 Å². The van der Waals surface area contributed by atoms with Crippen molar-refractivity contribution in [3.8, 4) is 0 Å². The highest BCUT2D eigenvalue weighted by molar-refractivity contribution is 5.69. The molecule has 0 unspecified atom stereocenters. The minimum atomic E-state index is -0.113. The topological polar surface area (TPSA) is 29.5 Å². The van der Waals surface area contributed by atoms with Gasteiger partial charge in [-0.1, -0.05) is 18.2 Å².